The number of carboxylic acids is 1. The summed E-state index contributed by atoms with van der Waals surface area (Å²) in [6.07, 6.45) is 0. The second-order valence-corrected chi connectivity index (χ2v) is 8.17. The molecule has 6 nitrogen and oxygen atoms in total. The molecular weight excluding hydrogens is 320 g/mol. The molecule has 0 unspecified atom stereocenters. The number of aromatic carboxylic acids is 1. The molecule has 0 aliphatic carbocycles. The maximum atomic E-state index is 12.1. The molecular formula is C11H12N2O4S3. The van der Waals surface area contributed by atoms with Gasteiger partial charge in [0.2, 0.25) is 10.0 Å². The van der Waals surface area contributed by atoms with Crippen LogP contribution in [0.2, 0.25) is 0 Å². The van der Waals surface area contributed by atoms with E-state index in [9.17, 15) is 13.2 Å². The zero-order valence-corrected chi connectivity index (χ0v) is 13.2. The predicted octanol–water partition coefficient (Wildman–Crippen LogP) is 2.00. The number of carbonyl (C=O) groups is 1. The van der Waals surface area contributed by atoms with Crippen molar-refractivity contribution >= 4 is 38.7 Å². The van der Waals surface area contributed by atoms with Gasteiger partial charge >= 0.3 is 5.97 Å². The van der Waals surface area contributed by atoms with Gasteiger partial charge in [-0.2, -0.15) is 0 Å². The van der Waals surface area contributed by atoms with Crippen molar-refractivity contribution in [2.75, 3.05) is 0 Å². The Balaban J connectivity index is 2.18. The van der Waals surface area contributed by atoms with Crippen LogP contribution in [0.1, 0.15) is 25.9 Å². The van der Waals surface area contributed by atoms with Gasteiger partial charge in [-0.25, -0.2) is 22.9 Å². The SMILES string of the molecule is Cc1nc(CNS(=O)(=O)c2cc(C)c(C(=O)O)s2)cs1. The first-order valence-electron chi connectivity index (χ1n) is 5.54. The number of aryl methyl sites for hydroxylation is 2. The largest absolute Gasteiger partial charge is 0.477 e. The number of aromatic nitrogens is 1. The van der Waals surface area contributed by atoms with Crippen molar-refractivity contribution < 1.29 is 18.3 Å². The molecule has 2 rings (SSSR count). The number of carboxylic acid groups (broad SMARTS) is 1. The molecule has 0 spiro atoms. The number of nitrogens with zero attached hydrogens (tertiary/aromatic N) is 1. The Bertz CT molecular complexity index is 746. The van der Waals surface area contributed by atoms with Gasteiger partial charge in [0.15, 0.2) is 0 Å². The number of sulfonamides is 1. The minimum absolute atomic E-state index is 0.000600. The lowest BCUT2D eigenvalue weighted by Gasteiger charge is -2.02. The summed E-state index contributed by atoms with van der Waals surface area (Å²) in [4.78, 5) is 15.1. The Morgan fingerprint density at radius 3 is 2.65 bits per heavy atom. The minimum atomic E-state index is -3.71. The van der Waals surface area contributed by atoms with Crippen LogP contribution in [0, 0.1) is 13.8 Å². The molecule has 0 aliphatic heterocycles. The predicted molar refractivity (Wildman–Crippen MR) is 76.9 cm³/mol. The van der Waals surface area contributed by atoms with Gasteiger partial charge in [0.05, 0.1) is 17.2 Å². The maximum Gasteiger partial charge on any atom is 0.346 e. The summed E-state index contributed by atoms with van der Waals surface area (Å²) in [6.45, 7) is 3.50. The summed E-state index contributed by atoms with van der Waals surface area (Å²) in [6, 6.07) is 1.36. The average Bonchev–Trinajstić information content (AvgIpc) is 2.93. The Labute approximate surface area is 124 Å². The first-order valence-corrected chi connectivity index (χ1v) is 8.72. The molecule has 2 heterocycles. The van der Waals surface area contributed by atoms with E-state index in [1.165, 1.54) is 17.4 Å². The fourth-order valence-electron chi connectivity index (χ4n) is 1.53. The summed E-state index contributed by atoms with van der Waals surface area (Å²) < 4.78 is 26.6. The topological polar surface area (TPSA) is 96.4 Å². The van der Waals surface area contributed by atoms with Gasteiger partial charge in [0.25, 0.3) is 0 Å². The molecule has 20 heavy (non-hydrogen) atoms. The molecule has 0 radical (unpaired) electrons. The van der Waals surface area contributed by atoms with E-state index >= 15 is 0 Å². The number of hydrogen-bond donors (Lipinski definition) is 2. The van der Waals surface area contributed by atoms with E-state index in [0.717, 1.165) is 16.3 Å². The molecule has 2 aromatic heterocycles. The highest BCUT2D eigenvalue weighted by Gasteiger charge is 2.21. The molecule has 0 bridgehead atoms. The summed E-state index contributed by atoms with van der Waals surface area (Å²) in [5, 5.41) is 11.6. The highest BCUT2D eigenvalue weighted by molar-refractivity contribution is 7.91. The molecule has 2 aromatic rings. The first kappa shape index (κ1) is 15.1. The van der Waals surface area contributed by atoms with Crippen LogP contribution in [0.15, 0.2) is 15.7 Å². The van der Waals surface area contributed by atoms with Gasteiger partial charge in [-0.15, -0.1) is 22.7 Å². The van der Waals surface area contributed by atoms with E-state index in [1.54, 1.807) is 12.3 Å². The Morgan fingerprint density at radius 1 is 1.45 bits per heavy atom. The lowest BCUT2D eigenvalue weighted by molar-refractivity contribution is 0.0701. The van der Waals surface area contributed by atoms with E-state index in [2.05, 4.69) is 9.71 Å². The minimum Gasteiger partial charge on any atom is -0.477 e. The fourth-order valence-corrected chi connectivity index (χ4v) is 4.56. The summed E-state index contributed by atoms with van der Waals surface area (Å²) in [5.41, 5.74) is 1.08. The standard InChI is InChI=1S/C11H12N2O4S3/c1-6-3-9(19-10(6)11(14)15)20(16,17)12-4-8-5-18-7(2)13-8/h3,5,12H,4H2,1-2H3,(H,14,15). The van der Waals surface area contributed by atoms with E-state index < -0.39 is 16.0 Å². The normalized spacial score (nSPS) is 11.7. The summed E-state index contributed by atoms with van der Waals surface area (Å²) >= 11 is 2.19. The van der Waals surface area contributed by atoms with Crippen LogP contribution in [0.4, 0.5) is 0 Å². The molecule has 0 atom stereocenters. The molecule has 0 aromatic carbocycles. The summed E-state index contributed by atoms with van der Waals surface area (Å²) in [5.74, 6) is -1.12. The molecule has 0 saturated heterocycles. The zero-order chi connectivity index (χ0) is 14.9. The van der Waals surface area contributed by atoms with Crippen LogP contribution in [0.25, 0.3) is 0 Å². The van der Waals surface area contributed by atoms with Gasteiger partial charge in [-0.05, 0) is 25.5 Å². The molecule has 2 N–H and O–H groups in total. The van der Waals surface area contributed by atoms with Crippen LogP contribution < -0.4 is 4.72 Å². The second kappa shape index (κ2) is 5.60. The van der Waals surface area contributed by atoms with Crippen LogP contribution in [0.3, 0.4) is 0 Å². The third kappa shape index (κ3) is 3.23. The molecule has 9 heteroatoms. The number of nitrogens with one attached hydrogen (secondary N) is 1. The monoisotopic (exact) mass is 332 g/mol. The molecule has 0 fully saturated rings. The highest BCUT2D eigenvalue weighted by atomic mass is 32.2. The Kier molecular flexibility index (Phi) is 4.23. The van der Waals surface area contributed by atoms with Crippen molar-refractivity contribution in [2.24, 2.45) is 0 Å². The smallest absolute Gasteiger partial charge is 0.346 e. The van der Waals surface area contributed by atoms with E-state index in [4.69, 9.17) is 5.11 Å². The average molecular weight is 332 g/mol. The Morgan fingerprint density at radius 2 is 2.15 bits per heavy atom. The van der Waals surface area contributed by atoms with Gasteiger partial charge < -0.3 is 5.11 Å². The van der Waals surface area contributed by atoms with Crippen molar-refractivity contribution in [3.8, 4) is 0 Å². The fraction of sp³-hybridized carbons (Fsp3) is 0.273. The second-order valence-electron chi connectivity index (χ2n) is 4.07. The first-order chi connectivity index (χ1) is 9.29. The van der Waals surface area contributed by atoms with E-state index in [0.29, 0.717) is 11.3 Å². The lowest BCUT2D eigenvalue weighted by Crippen LogP contribution is -2.22. The summed E-state index contributed by atoms with van der Waals surface area (Å²) in [7, 11) is -3.71. The van der Waals surface area contributed by atoms with E-state index in [1.807, 2.05) is 6.92 Å². The van der Waals surface area contributed by atoms with Crippen molar-refractivity contribution in [2.45, 2.75) is 24.6 Å². The van der Waals surface area contributed by atoms with Crippen LogP contribution in [-0.4, -0.2) is 24.5 Å². The van der Waals surface area contributed by atoms with Gasteiger partial charge in [-0.3, -0.25) is 0 Å². The number of hydrogen-bond acceptors (Lipinski definition) is 6. The Hall–Kier alpha value is -1.29. The quantitative estimate of drug-likeness (QED) is 0.873. The number of thiazole rings is 1. The van der Waals surface area contributed by atoms with Crippen molar-refractivity contribution in [3.05, 3.63) is 32.6 Å². The number of thiophene rings is 1. The van der Waals surface area contributed by atoms with Crippen LogP contribution >= 0.6 is 22.7 Å². The van der Waals surface area contributed by atoms with Crippen molar-refractivity contribution in [1.82, 2.24) is 9.71 Å². The van der Waals surface area contributed by atoms with Crippen LogP contribution in [-0.2, 0) is 16.6 Å². The molecule has 0 saturated carbocycles. The van der Waals surface area contributed by atoms with Crippen LogP contribution in [0.5, 0.6) is 0 Å². The third-order valence-electron chi connectivity index (χ3n) is 2.46. The van der Waals surface area contributed by atoms with Crippen molar-refractivity contribution in [3.63, 3.8) is 0 Å². The molecule has 0 aliphatic rings. The third-order valence-corrected chi connectivity index (χ3v) is 6.39. The zero-order valence-electron chi connectivity index (χ0n) is 10.7. The van der Waals surface area contributed by atoms with Gasteiger partial charge in [0.1, 0.15) is 9.09 Å². The highest BCUT2D eigenvalue weighted by Crippen LogP contribution is 2.26. The lowest BCUT2D eigenvalue weighted by atomic mass is 10.3. The molecule has 108 valence electrons. The van der Waals surface area contributed by atoms with Crippen molar-refractivity contribution in [1.29, 1.82) is 0 Å². The van der Waals surface area contributed by atoms with Gasteiger partial charge in [0, 0.05) is 5.38 Å². The van der Waals surface area contributed by atoms with Gasteiger partial charge in [-0.1, -0.05) is 0 Å². The van der Waals surface area contributed by atoms with E-state index in [-0.39, 0.29) is 15.6 Å². The molecule has 0 amide bonds. The number of rotatable bonds is 5. The maximum absolute atomic E-state index is 12.1.